The molecule has 1 saturated carbocycles. The molecule has 1 aliphatic heterocycles. The summed E-state index contributed by atoms with van der Waals surface area (Å²) >= 11 is 0. The third kappa shape index (κ3) is 2.57. The molecule has 0 aromatic heterocycles. The van der Waals surface area contributed by atoms with E-state index in [1.165, 1.54) is 25.7 Å². The van der Waals surface area contributed by atoms with Crippen LogP contribution in [0.2, 0.25) is 0 Å². The minimum atomic E-state index is -0.370. The summed E-state index contributed by atoms with van der Waals surface area (Å²) in [5, 5.41) is 3.35. The summed E-state index contributed by atoms with van der Waals surface area (Å²) < 4.78 is 5.47. The van der Waals surface area contributed by atoms with E-state index in [0.717, 1.165) is 6.54 Å². The maximum atomic E-state index is 12.0. The average Bonchev–Trinajstić information content (AvgIpc) is 2.58. The van der Waals surface area contributed by atoms with Crippen LogP contribution in [-0.2, 0) is 9.53 Å². The highest BCUT2D eigenvalue weighted by atomic mass is 16.6. The smallest absolute Gasteiger partial charge is 0.323 e. The standard InChI is InChI=1S/C13H23NO2/c1-13(2,3)16-12(15)11-10-7-5-4-6-9(10)8-14-11/h9-11,14H,4-8H2,1-3H3/t9-,10-,11-/m1/s1. The maximum Gasteiger partial charge on any atom is 0.323 e. The minimum Gasteiger partial charge on any atom is -0.459 e. The normalized spacial score (nSPS) is 34.6. The fourth-order valence-electron chi connectivity index (χ4n) is 2.98. The average molecular weight is 225 g/mol. The van der Waals surface area contributed by atoms with Crippen molar-refractivity contribution in [2.45, 2.75) is 58.1 Å². The Morgan fingerprint density at radius 2 is 1.94 bits per heavy atom. The summed E-state index contributed by atoms with van der Waals surface area (Å²) in [6.07, 6.45) is 5.05. The zero-order chi connectivity index (χ0) is 11.8. The molecular formula is C13H23NO2. The largest absolute Gasteiger partial charge is 0.459 e. The quantitative estimate of drug-likeness (QED) is 0.695. The van der Waals surface area contributed by atoms with Crippen LogP contribution in [0, 0.1) is 11.8 Å². The van der Waals surface area contributed by atoms with E-state index in [1.54, 1.807) is 0 Å². The van der Waals surface area contributed by atoms with Gasteiger partial charge in [-0.05, 0) is 52.0 Å². The molecule has 1 N–H and O–H groups in total. The van der Waals surface area contributed by atoms with E-state index in [9.17, 15) is 4.79 Å². The molecule has 0 bridgehead atoms. The van der Waals surface area contributed by atoms with Gasteiger partial charge in [0.25, 0.3) is 0 Å². The van der Waals surface area contributed by atoms with Gasteiger partial charge < -0.3 is 10.1 Å². The van der Waals surface area contributed by atoms with Crippen LogP contribution in [0.4, 0.5) is 0 Å². The second-order valence-corrected chi connectivity index (χ2v) is 6.13. The van der Waals surface area contributed by atoms with E-state index in [-0.39, 0.29) is 17.6 Å². The zero-order valence-corrected chi connectivity index (χ0v) is 10.6. The Bertz CT molecular complexity index is 270. The van der Waals surface area contributed by atoms with Gasteiger partial charge in [-0.2, -0.15) is 0 Å². The van der Waals surface area contributed by atoms with Crippen molar-refractivity contribution in [1.29, 1.82) is 0 Å². The fourth-order valence-corrected chi connectivity index (χ4v) is 2.98. The molecule has 2 aliphatic rings. The molecule has 0 aromatic rings. The lowest BCUT2D eigenvalue weighted by molar-refractivity contribution is -0.158. The van der Waals surface area contributed by atoms with Crippen LogP contribution in [0.25, 0.3) is 0 Å². The molecule has 2 rings (SSSR count). The van der Waals surface area contributed by atoms with Gasteiger partial charge in [-0.3, -0.25) is 4.79 Å². The van der Waals surface area contributed by atoms with Gasteiger partial charge >= 0.3 is 5.97 Å². The van der Waals surface area contributed by atoms with Crippen molar-refractivity contribution < 1.29 is 9.53 Å². The summed E-state index contributed by atoms with van der Waals surface area (Å²) in [5.74, 6) is 1.16. The lowest BCUT2D eigenvalue weighted by atomic mass is 9.78. The van der Waals surface area contributed by atoms with Crippen molar-refractivity contribution in [3.63, 3.8) is 0 Å². The van der Waals surface area contributed by atoms with Gasteiger partial charge in [0, 0.05) is 0 Å². The third-order valence-corrected chi connectivity index (χ3v) is 3.66. The van der Waals surface area contributed by atoms with Gasteiger partial charge in [-0.15, -0.1) is 0 Å². The SMILES string of the molecule is CC(C)(C)OC(=O)[C@@H]1NC[C@H]2CCCC[C@H]21. The Morgan fingerprint density at radius 1 is 1.25 bits per heavy atom. The second-order valence-electron chi connectivity index (χ2n) is 6.13. The van der Waals surface area contributed by atoms with Crippen molar-refractivity contribution >= 4 is 5.97 Å². The predicted octanol–water partition coefficient (Wildman–Crippen LogP) is 2.11. The Labute approximate surface area is 97.9 Å². The fraction of sp³-hybridized carbons (Fsp3) is 0.923. The number of rotatable bonds is 1. The Morgan fingerprint density at radius 3 is 2.62 bits per heavy atom. The number of ether oxygens (including phenoxy) is 1. The Balaban J connectivity index is 1.97. The lowest BCUT2D eigenvalue weighted by Gasteiger charge is -2.29. The lowest BCUT2D eigenvalue weighted by Crippen LogP contribution is -2.41. The minimum absolute atomic E-state index is 0.0514. The number of hydrogen-bond donors (Lipinski definition) is 1. The summed E-state index contributed by atoms with van der Waals surface area (Å²) in [6, 6.07) is -0.0514. The Hall–Kier alpha value is -0.570. The second kappa shape index (κ2) is 4.36. The van der Waals surface area contributed by atoms with Crippen LogP contribution in [0.1, 0.15) is 46.5 Å². The van der Waals surface area contributed by atoms with Crippen LogP contribution >= 0.6 is 0 Å². The van der Waals surface area contributed by atoms with Gasteiger partial charge in [-0.1, -0.05) is 12.8 Å². The predicted molar refractivity (Wildman–Crippen MR) is 63.1 cm³/mol. The van der Waals surface area contributed by atoms with E-state index in [2.05, 4.69) is 5.32 Å². The Kier molecular flexibility index (Phi) is 3.24. The molecule has 3 atom stereocenters. The third-order valence-electron chi connectivity index (χ3n) is 3.66. The van der Waals surface area contributed by atoms with E-state index in [0.29, 0.717) is 11.8 Å². The van der Waals surface area contributed by atoms with Crippen molar-refractivity contribution in [2.24, 2.45) is 11.8 Å². The van der Waals surface area contributed by atoms with Crippen molar-refractivity contribution in [3.05, 3.63) is 0 Å². The van der Waals surface area contributed by atoms with Gasteiger partial charge in [0.1, 0.15) is 11.6 Å². The number of esters is 1. The first-order valence-electron chi connectivity index (χ1n) is 6.43. The molecule has 3 nitrogen and oxygen atoms in total. The molecule has 0 radical (unpaired) electrons. The highest BCUT2D eigenvalue weighted by molar-refractivity contribution is 5.77. The molecule has 3 heteroatoms. The zero-order valence-electron chi connectivity index (χ0n) is 10.6. The maximum absolute atomic E-state index is 12.0. The van der Waals surface area contributed by atoms with Gasteiger partial charge in [0.2, 0.25) is 0 Å². The summed E-state index contributed by atoms with van der Waals surface area (Å²) in [6.45, 7) is 6.78. The molecule has 1 saturated heterocycles. The van der Waals surface area contributed by atoms with Crippen molar-refractivity contribution in [1.82, 2.24) is 5.32 Å². The first kappa shape index (κ1) is 11.9. The molecule has 1 aliphatic carbocycles. The van der Waals surface area contributed by atoms with E-state index in [1.807, 2.05) is 20.8 Å². The number of carbonyl (C=O) groups excluding carboxylic acids is 1. The molecule has 0 unspecified atom stereocenters. The number of hydrogen-bond acceptors (Lipinski definition) is 3. The highest BCUT2D eigenvalue weighted by Crippen LogP contribution is 2.36. The molecule has 0 spiro atoms. The first-order valence-corrected chi connectivity index (χ1v) is 6.43. The van der Waals surface area contributed by atoms with Crippen molar-refractivity contribution in [2.75, 3.05) is 6.54 Å². The molecule has 2 fully saturated rings. The molecule has 92 valence electrons. The van der Waals surface area contributed by atoms with Crippen LogP contribution in [0.15, 0.2) is 0 Å². The molecule has 0 aromatic carbocycles. The van der Waals surface area contributed by atoms with Crippen LogP contribution in [0.3, 0.4) is 0 Å². The van der Waals surface area contributed by atoms with Crippen molar-refractivity contribution in [3.8, 4) is 0 Å². The number of fused-ring (bicyclic) bond motifs is 1. The van der Waals surface area contributed by atoms with Gasteiger partial charge in [-0.25, -0.2) is 0 Å². The molecule has 0 amide bonds. The first-order chi connectivity index (χ1) is 7.47. The number of nitrogens with one attached hydrogen (secondary N) is 1. The van der Waals surface area contributed by atoms with Gasteiger partial charge in [0.05, 0.1) is 0 Å². The number of carbonyl (C=O) groups is 1. The van der Waals surface area contributed by atoms with E-state index < -0.39 is 0 Å². The summed E-state index contributed by atoms with van der Waals surface area (Å²) in [4.78, 5) is 12.0. The molecular weight excluding hydrogens is 202 g/mol. The monoisotopic (exact) mass is 225 g/mol. The van der Waals surface area contributed by atoms with E-state index >= 15 is 0 Å². The van der Waals surface area contributed by atoms with Crippen LogP contribution in [0.5, 0.6) is 0 Å². The highest BCUT2D eigenvalue weighted by Gasteiger charge is 2.42. The van der Waals surface area contributed by atoms with Gasteiger partial charge in [0.15, 0.2) is 0 Å². The topological polar surface area (TPSA) is 38.3 Å². The van der Waals surface area contributed by atoms with Crippen LogP contribution < -0.4 is 5.32 Å². The molecule has 16 heavy (non-hydrogen) atoms. The van der Waals surface area contributed by atoms with E-state index in [4.69, 9.17) is 4.74 Å². The summed E-state index contributed by atoms with van der Waals surface area (Å²) in [7, 11) is 0. The molecule has 1 heterocycles. The van der Waals surface area contributed by atoms with Crippen LogP contribution in [-0.4, -0.2) is 24.2 Å². The summed E-state index contributed by atoms with van der Waals surface area (Å²) in [5.41, 5.74) is -0.370.